The molecule has 0 fully saturated rings. The van der Waals surface area contributed by atoms with Crippen molar-refractivity contribution in [2.75, 3.05) is 33.7 Å². The van der Waals surface area contributed by atoms with Crippen LogP contribution in [0.25, 0.3) is 0 Å². The number of aliphatic imine (C=N–C) groups is 1. The van der Waals surface area contributed by atoms with E-state index >= 15 is 0 Å². The lowest BCUT2D eigenvalue weighted by Gasteiger charge is -2.23. The second-order valence-corrected chi connectivity index (χ2v) is 7.82. The zero-order chi connectivity index (χ0) is 18.9. The Bertz CT molecular complexity index is 680. The third-order valence-corrected chi connectivity index (χ3v) is 5.41. The van der Waals surface area contributed by atoms with Gasteiger partial charge in [0.1, 0.15) is 0 Å². The van der Waals surface area contributed by atoms with Gasteiger partial charge in [0.2, 0.25) is 0 Å². The number of halogens is 1. The number of guanidine groups is 1. The fourth-order valence-corrected chi connectivity index (χ4v) is 3.63. The van der Waals surface area contributed by atoms with E-state index in [1.165, 1.54) is 15.4 Å². The first kappa shape index (κ1) is 23.8. The van der Waals surface area contributed by atoms with Crippen LogP contribution in [-0.4, -0.2) is 49.6 Å². The molecule has 0 bridgehead atoms. The average molecular weight is 501 g/mol. The number of thiazole rings is 1. The van der Waals surface area contributed by atoms with Crippen LogP contribution in [0.5, 0.6) is 0 Å². The van der Waals surface area contributed by atoms with Crippen LogP contribution in [-0.2, 0) is 6.42 Å². The van der Waals surface area contributed by atoms with Gasteiger partial charge in [0.05, 0.1) is 23.3 Å². The van der Waals surface area contributed by atoms with Crippen molar-refractivity contribution in [1.29, 1.82) is 0 Å². The van der Waals surface area contributed by atoms with Crippen molar-refractivity contribution in [2.45, 2.75) is 33.2 Å². The summed E-state index contributed by atoms with van der Waals surface area (Å²) in [5, 5.41) is 7.94. The molecular weight excluding hydrogens is 469 g/mol. The number of benzene rings is 1. The molecule has 0 spiro atoms. The maximum Gasteiger partial charge on any atom is 0.191 e. The molecule has 0 aliphatic rings. The lowest BCUT2D eigenvalue weighted by Crippen LogP contribution is -2.39. The van der Waals surface area contributed by atoms with E-state index in [0.29, 0.717) is 6.54 Å². The summed E-state index contributed by atoms with van der Waals surface area (Å²) >= 11 is 1.78. The lowest BCUT2D eigenvalue weighted by molar-refractivity contribution is 0.306. The molecule has 1 atom stereocenters. The smallest absolute Gasteiger partial charge is 0.191 e. The molecule has 2 N–H and O–H groups in total. The molecule has 0 saturated carbocycles. The third-order valence-electron chi connectivity index (χ3n) is 4.28. The molecule has 150 valence electrons. The quantitative estimate of drug-likeness (QED) is 0.329. The number of nitrogens with one attached hydrogen (secondary N) is 2. The highest BCUT2D eigenvalue weighted by molar-refractivity contribution is 14.0. The summed E-state index contributed by atoms with van der Waals surface area (Å²) in [5.74, 6) is 0.861. The van der Waals surface area contributed by atoms with Crippen LogP contribution < -0.4 is 10.6 Å². The van der Waals surface area contributed by atoms with Crippen molar-refractivity contribution >= 4 is 41.3 Å². The minimum absolute atomic E-state index is 0. The second kappa shape index (κ2) is 12.3. The van der Waals surface area contributed by atoms with Crippen molar-refractivity contribution in [3.05, 3.63) is 51.5 Å². The topological polar surface area (TPSA) is 52.6 Å². The molecule has 0 aliphatic heterocycles. The Morgan fingerprint density at radius 3 is 2.44 bits per heavy atom. The molecule has 1 aromatic heterocycles. The van der Waals surface area contributed by atoms with Gasteiger partial charge >= 0.3 is 0 Å². The van der Waals surface area contributed by atoms with Gasteiger partial charge in [-0.1, -0.05) is 30.3 Å². The van der Waals surface area contributed by atoms with Gasteiger partial charge < -0.3 is 15.5 Å². The van der Waals surface area contributed by atoms with Crippen molar-refractivity contribution < 1.29 is 0 Å². The molecule has 0 saturated heterocycles. The summed E-state index contributed by atoms with van der Waals surface area (Å²) in [7, 11) is 4.20. The van der Waals surface area contributed by atoms with Gasteiger partial charge in [0.15, 0.2) is 5.96 Å². The monoisotopic (exact) mass is 501 g/mol. The number of nitrogens with zero attached hydrogens (tertiary/aromatic N) is 3. The van der Waals surface area contributed by atoms with Crippen LogP contribution in [0.1, 0.15) is 34.1 Å². The van der Waals surface area contributed by atoms with Crippen LogP contribution >= 0.6 is 35.3 Å². The van der Waals surface area contributed by atoms with E-state index in [-0.39, 0.29) is 30.0 Å². The van der Waals surface area contributed by atoms with E-state index < -0.39 is 0 Å². The van der Waals surface area contributed by atoms with Crippen LogP contribution in [0.2, 0.25) is 0 Å². The predicted octanol–water partition coefficient (Wildman–Crippen LogP) is 3.78. The Balaban J connectivity index is 0.00000364. The van der Waals surface area contributed by atoms with Crippen molar-refractivity contribution in [3.8, 4) is 0 Å². The molecule has 2 aromatic rings. The van der Waals surface area contributed by atoms with Crippen molar-refractivity contribution in [1.82, 2.24) is 20.5 Å². The number of hydrogen-bond donors (Lipinski definition) is 2. The van der Waals surface area contributed by atoms with E-state index in [9.17, 15) is 0 Å². The fraction of sp³-hybridized carbons (Fsp3) is 0.500. The summed E-state index contributed by atoms with van der Waals surface area (Å²) in [4.78, 5) is 12.9. The van der Waals surface area contributed by atoms with E-state index in [0.717, 1.165) is 31.2 Å². The molecule has 1 heterocycles. The van der Waals surface area contributed by atoms with Crippen LogP contribution in [0.4, 0.5) is 0 Å². The highest BCUT2D eigenvalue weighted by Crippen LogP contribution is 2.18. The molecule has 5 nitrogen and oxygen atoms in total. The normalized spacial score (nSPS) is 12.6. The number of likely N-dealkylation sites (N-methyl/N-ethyl adjacent to an activating group) is 1. The largest absolute Gasteiger partial charge is 0.357 e. The first-order valence-corrected chi connectivity index (χ1v) is 9.99. The first-order valence-electron chi connectivity index (χ1n) is 9.17. The number of rotatable bonds is 8. The summed E-state index contributed by atoms with van der Waals surface area (Å²) in [6, 6.07) is 10.8. The maximum atomic E-state index is 4.80. The zero-order valence-electron chi connectivity index (χ0n) is 17.0. The molecule has 1 aromatic carbocycles. The van der Waals surface area contributed by atoms with Crippen molar-refractivity contribution in [3.63, 3.8) is 0 Å². The molecule has 7 heteroatoms. The standard InChI is InChI=1S/C20H31N5S.HI/c1-6-21-20(22-13-12-19-24-15(2)16(3)26-19)23-14-18(25(4)5)17-10-8-7-9-11-17;/h7-11,18H,6,12-14H2,1-5H3,(H2,21,22,23);1H. The van der Waals surface area contributed by atoms with Gasteiger partial charge in [-0.3, -0.25) is 4.99 Å². The number of hydrogen-bond acceptors (Lipinski definition) is 4. The van der Waals surface area contributed by atoms with Gasteiger partial charge in [-0.05, 0) is 40.4 Å². The Morgan fingerprint density at radius 1 is 1.19 bits per heavy atom. The minimum atomic E-state index is 0. The zero-order valence-corrected chi connectivity index (χ0v) is 20.1. The highest BCUT2D eigenvalue weighted by Gasteiger charge is 2.13. The summed E-state index contributed by atoms with van der Waals surface area (Å²) < 4.78 is 0. The fourth-order valence-electron chi connectivity index (χ4n) is 2.70. The van der Waals surface area contributed by atoms with Gasteiger partial charge in [0, 0.05) is 24.4 Å². The Labute approximate surface area is 184 Å². The van der Waals surface area contributed by atoms with E-state index in [1.54, 1.807) is 11.3 Å². The first-order chi connectivity index (χ1) is 12.5. The Hall–Kier alpha value is -1.19. The van der Waals surface area contributed by atoms with Crippen LogP contribution in [0.15, 0.2) is 35.3 Å². The van der Waals surface area contributed by atoms with Gasteiger partial charge in [-0.2, -0.15) is 0 Å². The molecule has 0 radical (unpaired) electrons. The number of aryl methyl sites for hydroxylation is 2. The van der Waals surface area contributed by atoms with Crippen LogP contribution in [0.3, 0.4) is 0 Å². The molecule has 2 rings (SSSR count). The van der Waals surface area contributed by atoms with E-state index in [2.05, 4.69) is 79.6 Å². The number of aromatic nitrogens is 1. The summed E-state index contributed by atoms with van der Waals surface area (Å²) in [6.07, 6.45) is 0.916. The van der Waals surface area contributed by atoms with E-state index in [1.807, 2.05) is 6.07 Å². The Kier molecular flexibility index (Phi) is 10.9. The molecule has 0 aliphatic carbocycles. The molecule has 0 amide bonds. The van der Waals surface area contributed by atoms with Gasteiger partial charge in [0.25, 0.3) is 0 Å². The molecule has 27 heavy (non-hydrogen) atoms. The summed E-state index contributed by atoms with van der Waals surface area (Å²) in [6.45, 7) is 8.67. The van der Waals surface area contributed by atoms with Gasteiger partial charge in [-0.15, -0.1) is 35.3 Å². The highest BCUT2D eigenvalue weighted by atomic mass is 127. The Morgan fingerprint density at radius 2 is 1.89 bits per heavy atom. The maximum absolute atomic E-state index is 4.80. The SMILES string of the molecule is CCNC(=NCC(c1ccccc1)N(C)C)NCCc1nc(C)c(C)s1.I. The van der Waals surface area contributed by atoms with Crippen molar-refractivity contribution in [2.24, 2.45) is 4.99 Å². The lowest BCUT2D eigenvalue weighted by atomic mass is 10.1. The average Bonchev–Trinajstić information content (AvgIpc) is 2.93. The summed E-state index contributed by atoms with van der Waals surface area (Å²) in [5.41, 5.74) is 2.42. The molecular formula is C20H32IN5S. The van der Waals surface area contributed by atoms with Gasteiger partial charge in [-0.25, -0.2) is 4.98 Å². The predicted molar refractivity (Wildman–Crippen MR) is 128 cm³/mol. The minimum Gasteiger partial charge on any atom is -0.357 e. The van der Waals surface area contributed by atoms with E-state index in [4.69, 9.17) is 4.99 Å². The second-order valence-electron chi connectivity index (χ2n) is 6.54. The third kappa shape index (κ3) is 7.75. The van der Waals surface area contributed by atoms with Crippen LogP contribution in [0, 0.1) is 13.8 Å². The molecule has 1 unspecified atom stereocenters.